The summed E-state index contributed by atoms with van der Waals surface area (Å²) in [5, 5.41) is 0. The van der Waals surface area contributed by atoms with Crippen LogP contribution in [0.5, 0.6) is 0 Å². The highest BCUT2D eigenvalue weighted by molar-refractivity contribution is 7.47. The van der Waals surface area contributed by atoms with Gasteiger partial charge in [0.2, 0.25) is 0 Å². The number of ether oxygens (including phenoxy) is 2. The Morgan fingerprint density at radius 3 is 1.33 bits per heavy atom. The summed E-state index contributed by atoms with van der Waals surface area (Å²) < 4.78 is 34.2. The standard InChI is InChI=1S/C50H82NO8P/c1-6-8-10-12-14-16-18-20-21-22-23-24-25-26-27-28-29-31-33-35-37-39-41-43-50(53)59-48(47-58-60(54,55)57-45-44-51(3,4)5)46-56-49(52)42-40-38-36-34-32-30-19-17-15-13-11-9-7-2/h8-11,14-17,20-21,23-24,26-27,29-32,48H,6-7,12-13,18-19,22,25,28,33-47H2,1-5H3/p+1/b10-8-,11-9-,16-14-,17-15-,21-20-,24-23-,27-26-,31-29-,32-30-. The number of esters is 2. The van der Waals surface area contributed by atoms with E-state index in [4.69, 9.17) is 18.5 Å². The molecule has 340 valence electrons. The van der Waals surface area contributed by atoms with Gasteiger partial charge in [-0.3, -0.25) is 18.6 Å². The SMILES string of the molecule is CC/C=C\C/C=C\C/C=C\C/C=C\C/C=C\C/C=C\CCCCCCC(=O)OC(COC(=O)CCCCC/C=C\C/C=C\C/C=C\CC)COP(=O)(O)OCC[N+](C)(C)C. The molecule has 9 nitrogen and oxygen atoms in total. The first kappa shape index (κ1) is 56.7. The summed E-state index contributed by atoms with van der Waals surface area (Å²) >= 11 is 0. The van der Waals surface area contributed by atoms with Gasteiger partial charge in [-0.2, -0.15) is 0 Å². The van der Waals surface area contributed by atoms with Gasteiger partial charge in [-0.25, -0.2) is 4.57 Å². The zero-order valence-corrected chi connectivity index (χ0v) is 39.0. The molecular formula is C50H83NO8P+. The molecule has 0 heterocycles. The zero-order valence-electron chi connectivity index (χ0n) is 38.1. The van der Waals surface area contributed by atoms with Crippen LogP contribution in [0.2, 0.25) is 0 Å². The number of unbranched alkanes of at least 4 members (excludes halogenated alkanes) is 7. The monoisotopic (exact) mass is 857 g/mol. The van der Waals surface area contributed by atoms with E-state index < -0.39 is 32.5 Å². The molecule has 60 heavy (non-hydrogen) atoms. The Bertz CT molecular complexity index is 1380. The molecule has 0 aromatic rings. The third-order valence-electron chi connectivity index (χ3n) is 8.80. The van der Waals surface area contributed by atoms with E-state index in [0.717, 1.165) is 103 Å². The van der Waals surface area contributed by atoms with Gasteiger partial charge in [0.05, 0.1) is 27.7 Å². The lowest BCUT2D eigenvalue weighted by molar-refractivity contribution is -0.870. The van der Waals surface area contributed by atoms with Crippen LogP contribution < -0.4 is 0 Å². The molecule has 0 aromatic carbocycles. The molecule has 2 unspecified atom stereocenters. The number of allylic oxidation sites excluding steroid dienone is 18. The second-order valence-electron chi connectivity index (χ2n) is 15.7. The molecule has 0 aliphatic rings. The van der Waals surface area contributed by atoms with E-state index in [-0.39, 0.29) is 26.1 Å². The van der Waals surface area contributed by atoms with Crippen molar-refractivity contribution in [3.63, 3.8) is 0 Å². The van der Waals surface area contributed by atoms with Gasteiger partial charge in [-0.1, -0.05) is 142 Å². The van der Waals surface area contributed by atoms with Crippen molar-refractivity contribution in [1.82, 2.24) is 0 Å². The maximum atomic E-state index is 12.7. The number of phosphoric acid groups is 1. The molecule has 1 N–H and O–H groups in total. The fraction of sp³-hybridized carbons (Fsp3) is 0.600. The van der Waals surface area contributed by atoms with E-state index in [1.54, 1.807) is 0 Å². The van der Waals surface area contributed by atoms with Gasteiger partial charge >= 0.3 is 19.8 Å². The van der Waals surface area contributed by atoms with Crippen molar-refractivity contribution in [1.29, 1.82) is 0 Å². The normalized spacial score (nSPS) is 14.6. The summed E-state index contributed by atoms with van der Waals surface area (Å²) in [6.45, 7) is 4.09. The maximum Gasteiger partial charge on any atom is 0.472 e. The second kappa shape index (κ2) is 41.0. The Hall–Kier alpha value is -3.33. The summed E-state index contributed by atoms with van der Waals surface area (Å²) in [4.78, 5) is 35.4. The van der Waals surface area contributed by atoms with Crippen molar-refractivity contribution in [2.24, 2.45) is 0 Å². The molecule has 0 fully saturated rings. The van der Waals surface area contributed by atoms with Crippen molar-refractivity contribution in [2.75, 3.05) is 47.5 Å². The van der Waals surface area contributed by atoms with Crippen molar-refractivity contribution in [3.8, 4) is 0 Å². The topological polar surface area (TPSA) is 108 Å². The van der Waals surface area contributed by atoms with E-state index >= 15 is 0 Å². The molecule has 0 bridgehead atoms. The molecule has 2 atom stereocenters. The van der Waals surface area contributed by atoms with Crippen LogP contribution >= 0.6 is 7.82 Å². The first-order valence-corrected chi connectivity index (χ1v) is 24.1. The second-order valence-corrected chi connectivity index (χ2v) is 17.1. The lowest BCUT2D eigenvalue weighted by Crippen LogP contribution is -2.37. The van der Waals surface area contributed by atoms with E-state index in [1.165, 1.54) is 0 Å². The molecule has 0 aliphatic carbocycles. The van der Waals surface area contributed by atoms with Crippen LogP contribution in [0.25, 0.3) is 0 Å². The molecule has 0 saturated carbocycles. The predicted octanol–water partition coefficient (Wildman–Crippen LogP) is 13.1. The third kappa shape index (κ3) is 44.2. The number of rotatable bonds is 39. The quantitative estimate of drug-likeness (QED) is 0.0214. The van der Waals surface area contributed by atoms with E-state index in [9.17, 15) is 19.0 Å². The van der Waals surface area contributed by atoms with Crippen molar-refractivity contribution in [2.45, 2.75) is 148 Å². The minimum Gasteiger partial charge on any atom is -0.462 e. The van der Waals surface area contributed by atoms with Crippen LogP contribution in [-0.4, -0.2) is 74.9 Å². The number of phosphoric ester groups is 1. The number of likely N-dealkylation sites (N-methyl/N-ethyl adjacent to an activating group) is 1. The molecule has 0 aliphatic heterocycles. The molecule has 0 amide bonds. The number of carbonyl (C=O) groups excluding carboxylic acids is 2. The van der Waals surface area contributed by atoms with Gasteiger partial charge in [0.1, 0.15) is 19.8 Å². The molecular weight excluding hydrogens is 774 g/mol. The summed E-state index contributed by atoms with van der Waals surface area (Å²) in [5.41, 5.74) is 0. The van der Waals surface area contributed by atoms with E-state index in [1.807, 2.05) is 21.1 Å². The van der Waals surface area contributed by atoms with Crippen LogP contribution in [0.15, 0.2) is 109 Å². The van der Waals surface area contributed by atoms with Crippen LogP contribution in [0.3, 0.4) is 0 Å². The van der Waals surface area contributed by atoms with Crippen molar-refractivity contribution >= 4 is 19.8 Å². The number of carbonyl (C=O) groups is 2. The average Bonchev–Trinajstić information content (AvgIpc) is 3.20. The fourth-order valence-corrected chi connectivity index (χ4v) is 6.06. The van der Waals surface area contributed by atoms with Gasteiger partial charge in [-0.05, 0) is 96.3 Å². The van der Waals surface area contributed by atoms with Crippen molar-refractivity contribution in [3.05, 3.63) is 109 Å². The molecule has 0 radical (unpaired) electrons. The van der Waals surface area contributed by atoms with Crippen LogP contribution in [0.1, 0.15) is 142 Å². The lowest BCUT2D eigenvalue weighted by atomic mass is 10.1. The van der Waals surface area contributed by atoms with Crippen LogP contribution in [-0.2, 0) is 32.7 Å². The summed E-state index contributed by atoms with van der Waals surface area (Å²) in [6, 6.07) is 0. The van der Waals surface area contributed by atoms with E-state index in [0.29, 0.717) is 23.9 Å². The van der Waals surface area contributed by atoms with Gasteiger partial charge in [0.25, 0.3) is 0 Å². The summed E-state index contributed by atoms with van der Waals surface area (Å²) in [6.07, 6.45) is 55.7. The Morgan fingerprint density at radius 1 is 0.517 bits per heavy atom. The predicted molar refractivity (Wildman–Crippen MR) is 251 cm³/mol. The number of nitrogens with zero attached hydrogens (tertiary/aromatic N) is 1. The maximum absolute atomic E-state index is 12.7. The molecule has 0 aromatic heterocycles. The van der Waals surface area contributed by atoms with E-state index in [2.05, 4.69) is 123 Å². The minimum atomic E-state index is -4.40. The smallest absolute Gasteiger partial charge is 0.462 e. The third-order valence-corrected chi connectivity index (χ3v) is 9.78. The molecule has 0 saturated heterocycles. The highest BCUT2D eigenvalue weighted by Crippen LogP contribution is 2.43. The molecule has 0 rings (SSSR count). The molecule has 0 spiro atoms. The Labute approximate surface area is 366 Å². The molecule has 10 heteroatoms. The van der Waals surface area contributed by atoms with Gasteiger partial charge in [0.15, 0.2) is 6.10 Å². The van der Waals surface area contributed by atoms with Crippen LogP contribution in [0.4, 0.5) is 0 Å². The largest absolute Gasteiger partial charge is 0.472 e. The average molecular weight is 857 g/mol. The fourth-order valence-electron chi connectivity index (χ4n) is 5.32. The first-order valence-electron chi connectivity index (χ1n) is 22.6. The summed E-state index contributed by atoms with van der Waals surface area (Å²) in [5.74, 6) is -0.876. The lowest BCUT2D eigenvalue weighted by Gasteiger charge is -2.24. The zero-order chi connectivity index (χ0) is 44.3. The minimum absolute atomic E-state index is 0.0145. The van der Waals surface area contributed by atoms with Gasteiger partial charge < -0.3 is 18.9 Å². The highest BCUT2D eigenvalue weighted by Gasteiger charge is 2.27. The first-order chi connectivity index (χ1) is 29.0. The Morgan fingerprint density at radius 2 is 0.900 bits per heavy atom. The number of hydrogen-bond acceptors (Lipinski definition) is 7. The van der Waals surface area contributed by atoms with Crippen LogP contribution in [0, 0.1) is 0 Å². The number of quaternary nitrogens is 1. The Kier molecular flexibility index (Phi) is 38.8. The van der Waals surface area contributed by atoms with Gasteiger partial charge in [-0.15, -0.1) is 0 Å². The highest BCUT2D eigenvalue weighted by atomic mass is 31.2. The Balaban J connectivity index is 4.44. The van der Waals surface area contributed by atoms with Gasteiger partial charge in [0, 0.05) is 12.8 Å². The summed E-state index contributed by atoms with van der Waals surface area (Å²) in [7, 11) is 1.42. The van der Waals surface area contributed by atoms with Crippen molar-refractivity contribution < 1.29 is 42.1 Å². The number of hydrogen-bond donors (Lipinski definition) is 1.